The average Bonchev–Trinajstić information content (AvgIpc) is 0.938. The summed E-state index contributed by atoms with van der Waals surface area (Å²) in [5, 5.41) is 42.5. The number of thioether (sulfide) groups is 2. The van der Waals surface area contributed by atoms with E-state index in [1.807, 2.05) is 6.08 Å². The Morgan fingerprint density at radius 2 is 0.585 bits per heavy atom. The van der Waals surface area contributed by atoms with E-state index in [4.69, 9.17) is 72.9 Å². The highest BCUT2D eigenvalue weighted by Crippen LogP contribution is 2.23. The number of hydrogen-bond acceptors (Lipinski definition) is 34. The summed E-state index contributed by atoms with van der Waals surface area (Å²) in [7, 11) is 0. The van der Waals surface area contributed by atoms with Gasteiger partial charge in [0.05, 0.1) is 137 Å². The van der Waals surface area contributed by atoms with Crippen molar-refractivity contribution in [3.63, 3.8) is 0 Å². The van der Waals surface area contributed by atoms with Crippen molar-refractivity contribution in [3.05, 3.63) is 63.3 Å². The lowest BCUT2D eigenvalue weighted by molar-refractivity contribution is -0.146. The zero-order valence-electron chi connectivity index (χ0n) is 90.5. The van der Waals surface area contributed by atoms with Gasteiger partial charge in [0.2, 0.25) is 0 Å². The van der Waals surface area contributed by atoms with Gasteiger partial charge in [0.15, 0.2) is 15.3 Å². The number of aliphatic imine (C=N–C) groups is 2. The number of carboxylic acid groups (broad SMARTS) is 1. The number of rotatable bonds is 86. The molecule has 0 aromatic heterocycles. The summed E-state index contributed by atoms with van der Waals surface area (Å²) in [5.41, 5.74) is 0. The summed E-state index contributed by atoms with van der Waals surface area (Å²) in [5.74, 6) is 1.97. The van der Waals surface area contributed by atoms with Gasteiger partial charge in [-0.3, -0.25) is 62.3 Å². The number of carbonyl (C=O) groups is 13. The lowest BCUT2D eigenvalue weighted by Gasteiger charge is -2.17. The zero-order chi connectivity index (χ0) is 111. The molecule has 37 heteroatoms. The van der Waals surface area contributed by atoms with Crippen LogP contribution >= 0.6 is 64.7 Å². The predicted molar refractivity (Wildman–Crippen MR) is 604 cm³/mol. The number of aliphatic hydroxyl groups excluding tert-OH is 4. The number of ether oxygens (including phenoxy) is 11. The highest BCUT2D eigenvalue weighted by molar-refractivity contribution is 9.09. The van der Waals surface area contributed by atoms with Crippen LogP contribution < -0.4 is 0 Å². The number of esters is 4. The number of ketones is 5. The quantitative estimate of drug-likeness (QED) is 0.00565. The van der Waals surface area contributed by atoms with Crippen molar-refractivity contribution in [1.29, 1.82) is 0 Å². The summed E-state index contributed by atoms with van der Waals surface area (Å²) in [6.45, 7) is 38.6. The van der Waals surface area contributed by atoms with Crippen LogP contribution in [0.5, 0.6) is 0 Å². The average molecular weight is 2240 g/mol. The number of hydrogen-bond donors (Lipinski definition) is 7. The van der Waals surface area contributed by atoms with E-state index in [2.05, 4.69) is 120 Å². The van der Waals surface area contributed by atoms with Crippen LogP contribution in [0.2, 0.25) is 0 Å². The minimum absolute atomic E-state index is 0. The van der Waals surface area contributed by atoms with Crippen molar-refractivity contribution >= 4 is 145 Å². The summed E-state index contributed by atoms with van der Waals surface area (Å²) < 4.78 is 55.4. The van der Waals surface area contributed by atoms with Gasteiger partial charge in [0, 0.05) is 134 Å². The van der Waals surface area contributed by atoms with E-state index in [1.165, 1.54) is 114 Å². The molecule has 860 valence electrons. The second kappa shape index (κ2) is 138. The number of carbonyl (C=O) groups excluding carboxylic acids is 12. The van der Waals surface area contributed by atoms with Crippen LogP contribution in [0.15, 0.2) is 73.3 Å². The third-order valence-corrected chi connectivity index (χ3v) is 22.9. The number of carboxylic acids is 1. The molecule has 0 unspecified atom stereocenters. The summed E-state index contributed by atoms with van der Waals surface area (Å²) >= 11 is 13.3. The fourth-order valence-electron chi connectivity index (χ4n) is 12.5. The SMILES string of the molecule is C.C(=NC1CCCCC1)=NC1CCCCC1.C=CCBr.C=CCCCC(=O)CCCCC(=O)O.C=CCCCC(=O)CCCCC(=O)OCCOCCO.C=CCOCCOCCOC(=O)CCCCC(=O)CCCCCS.C=CCOCCOCCOC(=O)CCCCC(=O)CCCCCSC(C)=O.CC(=O)S.CC(=O)SCCCCCC(=O)CCCCC(=O)OCCOCCO.CCN(CC)CC.OCCOCCO. The Hall–Kier alpha value is -5.81. The van der Waals surface area contributed by atoms with Gasteiger partial charge >= 0.3 is 29.8 Å². The minimum Gasteiger partial charge on any atom is -0.481 e. The first-order valence-corrected chi connectivity index (χ1v) is 57.2. The Bertz CT molecular complexity index is 3130. The third-order valence-electron chi connectivity index (χ3n) is 20.3. The molecule has 32 nitrogen and oxygen atoms in total. The molecule has 2 aliphatic carbocycles. The molecule has 0 aromatic rings. The summed E-state index contributed by atoms with van der Waals surface area (Å²) in [6.07, 6.45) is 48.1. The number of aliphatic hydroxyl groups is 4. The largest absolute Gasteiger partial charge is 0.481 e. The molecule has 5 N–H and O–H groups in total. The Kier molecular flexibility index (Phi) is 149. The van der Waals surface area contributed by atoms with Gasteiger partial charge in [0.1, 0.15) is 55.3 Å². The van der Waals surface area contributed by atoms with Crippen molar-refractivity contribution in [2.75, 3.05) is 188 Å². The summed E-state index contributed by atoms with van der Waals surface area (Å²) in [4.78, 5) is 156. The van der Waals surface area contributed by atoms with Gasteiger partial charge in [-0.25, -0.2) is 9.98 Å². The van der Waals surface area contributed by atoms with Crippen LogP contribution in [-0.2, 0) is 114 Å². The molecular formula is C110H200BrN3O29S4. The first kappa shape index (κ1) is 159. The van der Waals surface area contributed by atoms with E-state index in [0.717, 1.165) is 119 Å². The molecule has 0 aliphatic heterocycles. The molecule has 0 saturated heterocycles. The van der Waals surface area contributed by atoms with Gasteiger partial charge in [-0.2, -0.15) is 12.6 Å². The molecule has 2 fully saturated rings. The van der Waals surface area contributed by atoms with Crippen LogP contribution in [-0.4, -0.2) is 310 Å². The van der Waals surface area contributed by atoms with E-state index in [-0.39, 0.29) is 155 Å². The normalized spacial score (nSPS) is 11.5. The number of allylic oxidation sites excluding steroid dienone is 3. The maximum absolute atomic E-state index is 11.8. The smallest absolute Gasteiger partial charge is 0.305 e. The molecule has 0 radical (unpaired) electrons. The van der Waals surface area contributed by atoms with Crippen molar-refractivity contribution in [2.45, 2.75) is 369 Å². The van der Waals surface area contributed by atoms with Crippen molar-refractivity contribution in [1.82, 2.24) is 4.90 Å². The van der Waals surface area contributed by atoms with Crippen LogP contribution in [0.25, 0.3) is 0 Å². The molecule has 0 heterocycles. The lowest BCUT2D eigenvalue weighted by Crippen LogP contribution is -2.21. The first-order valence-electron chi connectivity index (χ1n) is 53.0. The highest BCUT2D eigenvalue weighted by atomic mass is 79.9. The van der Waals surface area contributed by atoms with Gasteiger partial charge in [-0.1, -0.05) is 156 Å². The second-order valence-corrected chi connectivity index (χ2v) is 37.7. The molecule has 0 bridgehead atoms. The van der Waals surface area contributed by atoms with Crippen LogP contribution in [0, 0.1) is 0 Å². The number of nitrogens with zero attached hydrogens (tertiary/aromatic N) is 3. The van der Waals surface area contributed by atoms with E-state index in [0.29, 0.717) is 226 Å². The second-order valence-electron chi connectivity index (χ2n) is 33.4. The number of alkyl halides is 1. The molecule has 2 rings (SSSR count). The zero-order valence-corrected chi connectivity index (χ0v) is 95.5. The molecule has 0 spiro atoms. The van der Waals surface area contributed by atoms with E-state index in [1.54, 1.807) is 38.2 Å². The van der Waals surface area contributed by atoms with Gasteiger partial charge in [-0.15, -0.1) is 45.5 Å². The van der Waals surface area contributed by atoms with Crippen LogP contribution in [0.1, 0.15) is 357 Å². The Balaban J connectivity index is -0.000000214. The standard InChI is InChI=1S/C20H34O6S.C18H32O5S.C17H30O6S.C15H26O5.C13H22N2.C11H18O3.C6H15N.C4H10O3.C3H5Br.C2H4OS.CH4/c1-3-12-24-13-14-25-15-16-26-20(23)11-7-6-10-19(22)9-5-4-8-17-27-18(2)21;1-2-11-21-12-13-22-14-15-23-18(20)10-6-5-9-17(19)8-4-3-7-16-24;1-15(19)24-14-6-2-3-7-16(20)8-4-5-9-17(21)23-13-12-22-11-10-18;1-2-3-4-7-14(17)8-5-6-9-15(18)20-13-12-19-11-10-16;1-3-7-12(8-4-1)14-11-15-13-9-5-2-6-10-13;1-2-3-4-7-10(12)8-5-6-9-11(13)14;1-4-7(5-2)6-3;5-1-3-7-4-2-6;1-2-3-4;1-2(3)4;/h3H,1,4-17H2,2H3;2,24H,1,3-16H2;18H,2-14H2,1H3;2,16H,1,3-13H2;12-13H,1-10H2;2H,1,3-9H2,(H,13,14);4-6H2,1-3H3;5-6H,1-4H2;2H,1,3H2;1H3,(H,3,4);1H4. The number of unbranched alkanes of at least 4 members (excludes halogenated alkanes) is 13. The van der Waals surface area contributed by atoms with Gasteiger partial charge < -0.3 is 82.5 Å². The van der Waals surface area contributed by atoms with Crippen molar-refractivity contribution in [2.24, 2.45) is 9.98 Å². The maximum atomic E-state index is 11.8. The molecular weight excluding hydrogens is 2040 g/mol. The first-order chi connectivity index (χ1) is 70.5. The van der Waals surface area contributed by atoms with Gasteiger partial charge in [0.25, 0.3) is 0 Å². The number of thiol groups is 2. The molecule has 0 aromatic carbocycles. The highest BCUT2D eigenvalue weighted by Gasteiger charge is 2.16. The fourth-order valence-corrected chi connectivity index (χ4v) is 14.0. The topological polar surface area (TPSA) is 453 Å². The summed E-state index contributed by atoms with van der Waals surface area (Å²) in [6, 6.07) is 4.04. The Morgan fingerprint density at radius 3 is 0.823 bits per heavy atom. The van der Waals surface area contributed by atoms with Crippen molar-refractivity contribution < 1.29 is 140 Å². The molecule has 2 aliphatic rings. The number of halogens is 1. The van der Waals surface area contributed by atoms with E-state index < -0.39 is 5.97 Å². The van der Waals surface area contributed by atoms with Crippen LogP contribution in [0.4, 0.5) is 0 Å². The van der Waals surface area contributed by atoms with Crippen LogP contribution in [0.3, 0.4) is 0 Å². The maximum Gasteiger partial charge on any atom is 0.305 e. The molecule has 147 heavy (non-hydrogen) atoms. The third kappa shape index (κ3) is 158. The van der Waals surface area contributed by atoms with Crippen molar-refractivity contribution in [3.8, 4) is 0 Å². The monoisotopic (exact) mass is 2230 g/mol. The number of Topliss-reactive ketones (excluding diaryl/α,β-unsaturated/α-hetero) is 5. The Labute approximate surface area is 913 Å². The number of aliphatic carboxylic acids is 1. The lowest BCUT2D eigenvalue weighted by atomic mass is 9.96. The van der Waals surface area contributed by atoms with E-state index in [9.17, 15) is 62.3 Å². The Morgan fingerprint density at radius 1 is 0.347 bits per heavy atom. The predicted octanol–water partition coefficient (Wildman–Crippen LogP) is 21.0. The fraction of sp³-hybridized carbons (Fsp3) is 0.782. The van der Waals surface area contributed by atoms with E-state index >= 15 is 0 Å². The molecule has 0 amide bonds. The minimum atomic E-state index is -0.788. The molecule has 0 atom stereocenters. The van der Waals surface area contributed by atoms with Gasteiger partial charge in [-0.05, 0) is 179 Å². The molecule has 2 saturated carbocycles.